The van der Waals surface area contributed by atoms with E-state index in [0.29, 0.717) is 0 Å². The van der Waals surface area contributed by atoms with Crippen molar-refractivity contribution in [1.29, 1.82) is 0 Å². The summed E-state index contributed by atoms with van der Waals surface area (Å²) in [5.41, 5.74) is 0. The average molecular weight is 156 g/mol. The lowest BCUT2D eigenvalue weighted by Crippen LogP contribution is -2.36. The fourth-order valence-corrected chi connectivity index (χ4v) is 4.17. The van der Waals surface area contributed by atoms with E-state index in [2.05, 4.69) is 13.1 Å². The molecule has 1 saturated heterocycles. The van der Waals surface area contributed by atoms with Gasteiger partial charge < -0.3 is 4.43 Å². The van der Waals surface area contributed by atoms with E-state index < -0.39 is 8.32 Å². The summed E-state index contributed by atoms with van der Waals surface area (Å²) in [4.78, 5) is 0. The van der Waals surface area contributed by atoms with Crippen LogP contribution >= 0.6 is 0 Å². The van der Waals surface area contributed by atoms with Crippen molar-refractivity contribution in [3.8, 4) is 0 Å². The Kier molecular flexibility index (Phi) is 2.69. The van der Waals surface area contributed by atoms with Crippen molar-refractivity contribution in [2.75, 3.05) is 6.61 Å². The van der Waals surface area contributed by atoms with Crippen LogP contribution in [0.15, 0.2) is 12.7 Å². The highest BCUT2D eigenvalue weighted by Crippen LogP contribution is 2.25. The molecule has 10 heavy (non-hydrogen) atoms. The van der Waals surface area contributed by atoms with Crippen LogP contribution in [-0.2, 0) is 4.43 Å². The summed E-state index contributed by atoms with van der Waals surface area (Å²) in [5, 5.41) is 0. The third-order valence-electron chi connectivity index (χ3n) is 2.13. The van der Waals surface area contributed by atoms with Crippen molar-refractivity contribution in [3.63, 3.8) is 0 Å². The zero-order chi connectivity index (χ0) is 7.45. The standard InChI is InChI=1S/C8H16OSi/c1-3-7-10(2)8-5-4-6-9-10/h3H,1,4-8H2,2H3. The number of hydrogen-bond donors (Lipinski definition) is 0. The zero-order valence-corrected chi connectivity index (χ0v) is 7.73. The molecule has 1 aliphatic heterocycles. The smallest absolute Gasteiger partial charge is 0.193 e. The Morgan fingerprint density at radius 2 is 2.40 bits per heavy atom. The van der Waals surface area contributed by atoms with Gasteiger partial charge in [-0.25, -0.2) is 0 Å². The Morgan fingerprint density at radius 1 is 1.60 bits per heavy atom. The van der Waals surface area contributed by atoms with E-state index in [1.807, 2.05) is 6.08 Å². The van der Waals surface area contributed by atoms with Crippen LogP contribution in [0, 0.1) is 0 Å². The molecular formula is C8H16OSi. The maximum Gasteiger partial charge on any atom is 0.193 e. The Morgan fingerprint density at radius 3 is 2.90 bits per heavy atom. The molecule has 0 aliphatic carbocycles. The van der Waals surface area contributed by atoms with Gasteiger partial charge in [-0.15, -0.1) is 6.58 Å². The minimum atomic E-state index is -1.25. The lowest BCUT2D eigenvalue weighted by molar-refractivity contribution is 0.272. The quantitative estimate of drug-likeness (QED) is 0.441. The van der Waals surface area contributed by atoms with Gasteiger partial charge in [-0.2, -0.15) is 0 Å². The van der Waals surface area contributed by atoms with Crippen LogP contribution in [0.4, 0.5) is 0 Å². The molecule has 2 heteroatoms. The molecule has 0 radical (unpaired) electrons. The molecule has 0 spiro atoms. The second-order valence-corrected chi connectivity index (χ2v) is 7.35. The predicted molar refractivity (Wildman–Crippen MR) is 46.6 cm³/mol. The minimum absolute atomic E-state index is 0.997. The Balaban J connectivity index is 2.39. The maximum atomic E-state index is 5.77. The van der Waals surface area contributed by atoms with Crippen molar-refractivity contribution in [1.82, 2.24) is 0 Å². The third-order valence-corrected chi connectivity index (χ3v) is 5.59. The first-order valence-corrected chi connectivity index (χ1v) is 6.84. The second kappa shape index (κ2) is 3.35. The summed E-state index contributed by atoms with van der Waals surface area (Å²) in [7, 11) is -1.25. The van der Waals surface area contributed by atoms with Gasteiger partial charge in [0.25, 0.3) is 0 Å². The highest BCUT2D eigenvalue weighted by molar-refractivity contribution is 6.73. The number of hydrogen-bond acceptors (Lipinski definition) is 1. The lowest BCUT2D eigenvalue weighted by Gasteiger charge is -2.30. The van der Waals surface area contributed by atoms with Gasteiger partial charge in [-0.1, -0.05) is 12.5 Å². The van der Waals surface area contributed by atoms with Crippen LogP contribution in [0.3, 0.4) is 0 Å². The summed E-state index contributed by atoms with van der Waals surface area (Å²) in [5.74, 6) is 0. The topological polar surface area (TPSA) is 9.23 Å². The Hall–Kier alpha value is -0.0831. The molecule has 1 unspecified atom stereocenters. The van der Waals surface area contributed by atoms with Gasteiger partial charge >= 0.3 is 0 Å². The van der Waals surface area contributed by atoms with Crippen LogP contribution in [-0.4, -0.2) is 14.9 Å². The van der Waals surface area contributed by atoms with Gasteiger partial charge in [0, 0.05) is 6.61 Å². The Bertz CT molecular complexity index is 116. The normalized spacial score (nSPS) is 33.7. The van der Waals surface area contributed by atoms with E-state index >= 15 is 0 Å². The van der Waals surface area contributed by atoms with E-state index in [9.17, 15) is 0 Å². The van der Waals surface area contributed by atoms with Gasteiger partial charge in [0.05, 0.1) is 0 Å². The maximum absolute atomic E-state index is 5.77. The van der Waals surface area contributed by atoms with E-state index in [1.54, 1.807) is 0 Å². The molecule has 0 aromatic rings. The summed E-state index contributed by atoms with van der Waals surface area (Å²) >= 11 is 0. The predicted octanol–water partition coefficient (Wildman–Crippen LogP) is 2.56. The molecule has 0 bridgehead atoms. The van der Waals surface area contributed by atoms with Crippen molar-refractivity contribution < 1.29 is 4.43 Å². The highest BCUT2D eigenvalue weighted by atomic mass is 28.4. The fourth-order valence-electron chi connectivity index (χ4n) is 1.46. The number of rotatable bonds is 2. The molecule has 1 aliphatic rings. The largest absolute Gasteiger partial charge is 0.417 e. The Labute approximate surface area is 64.2 Å². The first kappa shape index (κ1) is 8.02. The van der Waals surface area contributed by atoms with Gasteiger partial charge in [0.15, 0.2) is 8.32 Å². The summed E-state index contributed by atoms with van der Waals surface area (Å²) in [6.45, 7) is 7.06. The van der Waals surface area contributed by atoms with Crippen LogP contribution in [0.25, 0.3) is 0 Å². The molecule has 1 nitrogen and oxygen atoms in total. The van der Waals surface area contributed by atoms with Gasteiger partial charge in [0.1, 0.15) is 0 Å². The SMILES string of the molecule is C=CC[Si]1(C)CCCCO1. The van der Waals surface area contributed by atoms with Gasteiger partial charge in [-0.3, -0.25) is 0 Å². The highest BCUT2D eigenvalue weighted by Gasteiger charge is 2.29. The monoisotopic (exact) mass is 156 g/mol. The van der Waals surface area contributed by atoms with Gasteiger partial charge in [0.2, 0.25) is 0 Å². The summed E-state index contributed by atoms with van der Waals surface area (Å²) < 4.78 is 5.77. The molecule has 0 N–H and O–H groups in total. The molecule has 0 saturated carbocycles. The van der Waals surface area contributed by atoms with Crippen LogP contribution in [0.2, 0.25) is 18.6 Å². The fraction of sp³-hybridized carbons (Fsp3) is 0.750. The molecule has 1 heterocycles. The average Bonchev–Trinajstić information content (AvgIpc) is 1.89. The molecular weight excluding hydrogens is 140 g/mol. The summed E-state index contributed by atoms with van der Waals surface area (Å²) in [6, 6.07) is 2.46. The van der Waals surface area contributed by atoms with Crippen LogP contribution in [0.5, 0.6) is 0 Å². The van der Waals surface area contributed by atoms with E-state index in [4.69, 9.17) is 4.43 Å². The van der Waals surface area contributed by atoms with E-state index in [-0.39, 0.29) is 0 Å². The molecule has 1 atom stereocenters. The zero-order valence-electron chi connectivity index (χ0n) is 6.73. The third kappa shape index (κ3) is 1.96. The molecule has 1 fully saturated rings. The van der Waals surface area contributed by atoms with Crippen molar-refractivity contribution in [3.05, 3.63) is 12.7 Å². The lowest BCUT2D eigenvalue weighted by atomic mass is 10.4. The molecule has 0 amide bonds. The first-order valence-electron chi connectivity index (χ1n) is 4.02. The molecule has 0 aromatic heterocycles. The van der Waals surface area contributed by atoms with Crippen LogP contribution in [0.1, 0.15) is 12.8 Å². The van der Waals surface area contributed by atoms with Crippen molar-refractivity contribution in [2.24, 2.45) is 0 Å². The second-order valence-electron chi connectivity index (χ2n) is 3.25. The van der Waals surface area contributed by atoms with E-state index in [0.717, 1.165) is 12.7 Å². The summed E-state index contributed by atoms with van der Waals surface area (Å²) in [6.07, 6.45) is 4.65. The molecule has 1 rings (SSSR count). The molecule has 58 valence electrons. The first-order chi connectivity index (χ1) is 4.77. The minimum Gasteiger partial charge on any atom is -0.417 e. The molecule has 0 aromatic carbocycles. The van der Waals surface area contributed by atoms with Crippen molar-refractivity contribution >= 4 is 8.32 Å². The van der Waals surface area contributed by atoms with E-state index in [1.165, 1.54) is 18.9 Å². The van der Waals surface area contributed by atoms with Crippen molar-refractivity contribution in [2.45, 2.75) is 31.5 Å². The number of allylic oxidation sites excluding steroid dienone is 1. The van der Waals surface area contributed by atoms with Crippen LogP contribution < -0.4 is 0 Å². The van der Waals surface area contributed by atoms with Gasteiger partial charge in [-0.05, 0) is 25.1 Å².